The molecule has 0 amide bonds. The molecule has 0 spiro atoms. The zero-order valence-electron chi connectivity index (χ0n) is 12.6. The average molecular weight is 281 g/mol. The van der Waals surface area contributed by atoms with Gasteiger partial charge in [-0.3, -0.25) is 0 Å². The Kier molecular flexibility index (Phi) is 4.69. The van der Waals surface area contributed by atoms with Crippen molar-refractivity contribution in [1.82, 2.24) is 5.32 Å². The Morgan fingerprint density at radius 1 is 0.905 bits per heavy atom. The monoisotopic (exact) mass is 281 g/mol. The highest BCUT2D eigenvalue weighted by atomic mass is 16.5. The Balaban J connectivity index is 1.85. The predicted molar refractivity (Wildman–Crippen MR) is 86.4 cm³/mol. The van der Waals surface area contributed by atoms with Crippen molar-refractivity contribution < 1.29 is 4.74 Å². The quantitative estimate of drug-likeness (QED) is 0.919. The number of benzene rings is 2. The van der Waals surface area contributed by atoms with E-state index in [0.717, 1.165) is 26.1 Å². The summed E-state index contributed by atoms with van der Waals surface area (Å²) in [5.74, 6) is 0. The van der Waals surface area contributed by atoms with Gasteiger partial charge in [0.1, 0.15) is 0 Å². The van der Waals surface area contributed by atoms with Crippen LogP contribution in [0.2, 0.25) is 0 Å². The van der Waals surface area contributed by atoms with Gasteiger partial charge >= 0.3 is 0 Å². The number of hydrogen-bond donors (Lipinski definition) is 1. The molecule has 2 nitrogen and oxygen atoms in total. The van der Waals surface area contributed by atoms with E-state index in [1.807, 2.05) is 0 Å². The largest absolute Gasteiger partial charge is 0.381 e. The van der Waals surface area contributed by atoms with Gasteiger partial charge in [-0.15, -0.1) is 0 Å². The van der Waals surface area contributed by atoms with E-state index in [0.29, 0.717) is 6.04 Å². The van der Waals surface area contributed by atoms with Crippen molar-refractivity contribution >= 4 is 0 Å². The van der Waals surface area contributed by atoms with Crippen LogP contribution < -0.4 is 5.32 Å². The lowest BCUT2D eigenvalue weighted by Gasteiger charge is -2.29. The predicted octanol–water partition coefficient (Wildman–Crippen LogP) is 3.85. The third-order valence-electron chi connectivity index (χ3n) is 4.17. The molecular formula is C19H23NO. The normalized spacial score (nSPS) is 17.6. The highest BCUT2D eigenvalue weighted by Gasteiger charge is 2.20. The summed E-state index contributed by atoms with van der Waals surface area (Å²) in [4.78, 5) is 0. The molecule has 110 valence electrons. The van der Waals surface area contributed by atoms with E-state index in [2.05, 4.69) is 66.8 Å². The first-order valence-corrected chi connectivity index (χ1v) is 7.78. The lowest BCUT2D eigenvalue weighted by molar-refractivity contribution is 0.0761. The van der Waals surface area contributed by atoms with Gasteiger partial charge in [-0.25, -0.2) is 0 Å². The molecule has 3 rings (SSSR count). The highest BCUT2D eigenvalue weighted by Crippen LogP contribution is 2.24. The molecule has 1 atom stereocenters. The summed E-state index contributed by atoms with van der Waals surface area (Å²) in [5.41, 5.74) is 3.96. The summed E-state index contributed by atoms with van der Waals surface area (Å²) in [6.45, 7) is 3.87. The van der Waals surface area contributed by atoms with Crippen molar-refractivity contribution in [3.05, 3.63) is 71.3 Å². The average Bonchev–Trinajstić information content (AvgIpc) is 2.55. The molecule has 2 aromatic rings. The molecule has 0 radical (unpaired) electrons. The standard InChI is InChI=1S/C19H23NO/c1-15-7-9-17(10-8-15)19(16-5-3-2-4-6-16)20-18-11-13-21-14-12-18/h2-10,18-20H,11-14H2,1H3/t19-/m1/s1. The minimum absolute atomic E-state index is 0.259. The molecule has 2 aromatic carbocycles. The van der Waals surface area contributed by atoms with Crippen LogP contribution in [-0.2, 0) is 4.74 Å². The molecule has 21 heavy (non-hydrogen) atoms. The van der Waals surface area contributed by atoms with Crippen LogP contribution in [0.15, 0.2) is 54.6 Å². The van der Waals surface area contributed by atoms with E-state index in [4.69, 9.17) is 4.74 Å². The third-order valence-corrected chi connectivity index (χ3v) is 4.17. The van der Waals surface area contributed by atoms with Gasteiger partial charge in [0, 0.05) is 19.3 Å². The molecule has 2 heteroatoms. The number of aryl methyl sites for hydroxylation is 1. The lowest BCUT2D eigenvalue weighted by atomic mass is 9.96. The van der Waals surface area contributed by atoms with Gasteiger partial charge in [0.2, 0.25) is 0 Å². The van der Waals surface area contributed by atoms with E-state index in [1.165, 1.54) is 16.7 Å². The summed E-state index contributed by atoms with van der Waals surface area (Å²) in [5, 5.41) is 3.83. The van der Waals surface area contributed by atoms with Gasteiger partial charge < -0.3 is 10.1 Å². The number of rotatable bonds is 4. The summed E-state index contributed by atoms with van der Waals surface area (Å²) in [7, 11) is 0. The number of nitrogens with one attached hydrogen (secondary N) is 1. The summed E-state index contributed by atoms with van der Waals surface area (Å²) < 4.78 is 5.47. The van der Waals surface area contributed by atoms with Gasteiger partial charge in [0.05, 0.1) is 6.04 Å². The number of ether oxygens (including phenoxy) is 1. The lowest BCUT2D eigenvalue weighted by Crippen LogP contribution is -2.37. The van der Waals surface area contributed by atoms with Crippen LogP contribution in [0.1, 0.15) is 35.6 Å². The first-order valence-electron chi connectivity index (χ1n) is 7.78. The van der Waals surface area contributed by atoms with Crippen LogP contribution >= 0.6 is 0 Å². The maximum Gasteiger partial charge on any atom is 0.0578 e. The van der Waals surface area contributed by atoms with Crippen molar-refractivity contribution in [3.63, 3.8) is 0 Å². The van der Waals surface area contributed by atoms with Gasteiger partial charge in [0.15, 0.2) is 0 Å². The van der Waals surface area contributed by atoms with Crippen LogP contribution in [-0.4, -0.2) is 19.3 Å². The van der Waals surface area contributed by atoms with Crippen molar-refractivity contribution in [1.29, 1.82) is 0 Å². The molecule has 1 heterocycles. The summed E-state index contributed by atoms with van der Waals surface area (Å²) >= 11 is 0. The molecule has 0 aromatic heterocycles. The smallest absolute Gasteiger partial charge is 0.0578 e. The molecular weight excluding hydrogens is 258 g/mol. The second-order valence-electron chi connectivity index (χ2n) is 5.81. The molecule has 0 bridgehead atoms. The Labute approximate surface area is 127 Å². The molecule has 0 aliphatic carbocycles. The van der Waals surface area contributed by atoms with Crippen LogP contribution in [0.4, 0.5) is 0 Å². The zero-order valence-corrected chi connectivity index (χ0v) is 12.6. The van der Waals surface area contributed by atoms with Crippen LogP contribution in [0.25, 0.3) is 0 Å². The van der Waals surface area contributed by atoms with Gasteiger partial charge in [0.25, 0.3) is 0 Å². The second kappa shape index (κ2) is 6.88. The first-order chi connectivity index (χ1) is 10.3. The van der Waals surface area contributed by atoms with Gasteiger partial charge in [-0.05, 0) is 30.9 Å². The summed E-state index contributed by atoms with van der Waals surface area (Å²) in [6.07, 6.45) is 2.18. The van der Waals surface area contributed by atoms with Gasteiger partial charge in [-0.2, -0.15) is 0 Å². The SMILES string of the molecule is Cc1ccc([C@H](NC2CCOCC2)c2ccccc2)cc1. The van der Waals surface area contributed by atoms with E-state index >= 15 is 0 Å². The minimum atomic E-state index is 0.259. The Morgan fingerprint density at radius 2 is 1.52 bits per heavy atom. The number of hydrogen-bond acceptors (Lipinski definition) is 2. The zero-order chi connectivity index (χ0) is 14.5. The van der Waals surface area contributed by atoms with E-state index < -0.39 is 0 Å². The first kappa shape index (κ1) is 14.3. The molecule has 1 N–H and O–H groups in total. The maximum absolute atomic E-state index is 5.47. The molecule has 1 saturated heterocycles. The molecule has 1 aliphatic heterocycles. The van der Waals surface area contributed by atoms with Gasteiger partial charge in [-0.1, -0.05) is 60.2 Å². The summed E-state index contributed by atoms with van der Waals surface area (Å²) in [6, 6.07) is 20.4. The maximum atomic E-state index is 5.47. The Bertz CT molecular complexity index is 544. The fraction of sp³-hybridized carbons (Fsp3) is 0.368. The highest BCUT2D eigenvalue weighted by molar-refractivity contribution is 5.33. The third kappa shape index (κ3) is 3.72. The van der Waals surface area contributed by atoms with Crippen molar-refractivity contribution in [3.8, 4) is 0 Å². The minimum Gasteiger partial charge on any atom is -0.381 e. The van der Waals surface area contributed by atoms with Crippen molar-refractivity contribution in [2.75, 3.05) is 13.2 Å². The van der Waals surface area contributed by atoms with E-state index in [1.54, 1.807) is 0 Å². The topological polar surface area (TPSA) is 21.3 Å². The van der Waals surface area contributed by atoms with E-state index in [9.17, 15) is 0 Å². The second-order valence-corrected chi connectivity index (χ2v) is 5.81. The van der Waals surface area contributed by atoms with Crippen LogP contribution in [0.3, 0.4) is 0 Å². The fourth-order valence-electron chi connectivity index (χ4n) is 2.89. The van der Waals surface area contributed by atoms with Crippen molar-refractivity contribution in [2.45, 2.75) is 31.8 Å². The van der Waals surface area contributed by atoms with Crippen LogP contribution in [0.5, 0.6) is 0 Å². The molecule has 0 unspecified atom stereocenters. The fourth-order valence-corrected chi connectivity index (χ4v) is 2.89. The van der Waals surface area contributed by atoms with E-state index in [-0.39, 0.29) is 6.04 Å². The molecule has 0 saturated carbocycles. The Morgan fingerprint density at radius 3 is 2.19 bits per heavy atom. The molecule has 1 aliphatic rings. The molecule has 1 fully saturated rings. The Hall–Kier alpha value is -1.64. The van der Waals surface area contributed by atoms with Crippen molar-refractivity contribution in [2.24, 2.45) is 0 Å². The van der Waals surface area contributed by atoms with Crippen LogP contribution in [0, 0.1) is 6.92 Å².